The molecule has 0 radical (unpaired) electrons. The summed E-state index contributed by atoms with van der Waals surface area (Å²) in [4.78, 5) is 42.7. The van der Waals surface area contributed by atoms with E-state index in [9.17, 15) is 24.6 Å². The van der Waals surface area contributed by atoms with Crippen LogP contribution in [-0.2, 0) is 21.4 Å². The molecule has 2 unspecified atom stereocenters. The van der Waals surface area contributed by atoms with E-state index in [1.165, 1.54) is 28.4 Å². The number of fused-ring (bicyclic) bond motifs is 1. The van der Waals surface area contributed by atoms with Crippen LogP contribution in [0.15, 0.2) is 46.8 Å². The van der Waals surface area contributed by atoms with Crippen LogP contribution in [0.4, 0.5) is 0 Å². The molecule has 1 aromatic carbocycles. The smallest absolute Gasteiger partial charge is 0.352 e. The van der Waals surface area contributed by atoms with Gasteiger partial charge in [-0.15, -0.1) is 11.8 Å². The first-order chi connectivity index (χ1) is 15.3. The number of rotatable bonds is 7. The zero-order chi connectivity index (χ0) is 23.0. The number of β-lactam (4-membered cyclic amide) rings is 1. The number of nitrogens with one attached hydrogen (secondary N) is 1. The number of aliphatic hydroxyl groups is 1. The SMILES string of the molecule is Cc1nc(SCC2=C(C(=O)O)N3C(=O)C(NC(=O)C(O)c4ccccc4)[C@@H]3SC2)n(C)n1. The number of hydrogen-bond donors (Lipinski definition) is 3. The fourth-order valence-electron chi connectivity index (χ4n) is 3.58. The van der Waals surface area contributed by atoms with E-state index in [0.29, 0.717) is 33.6 Å². The molecular formula is C20H21N5O5S2. The van der Waals surface area contributed by atoms with Crippen LogP contribution in [0.2, 0.25) is 0 Å². The average Bonchev–Trinajstić information content (AvgIpc) is 3.11. The summed E-state index contributed by atoms with van der Waals surface area (Å²) in [5.41, 5.74) is 0.959. The number of thioether (sulfide) groups is 2. The Morgan fingerprint density at radius 3 is 2.69 bits per heavy atom. The van der Waals surface area contributed by atoms with Gasteiger partial charge in [0.25, 0.3) is 11.8 Å². The largest absolute Gasteiger partial charge is 0.477 e. The molecule has 168 valence electrons. The van der Waals surface area contributed by atoms with Gasteiger partial charge in [-0.1, -0.05) is 42.1 Å². The molecule has 0 aliphatic carbocycles. The quantitative estimate of drug-likeness (QED) is 0.390. The van der Waals surface area contributed by atoms with E-state index in [4.69, 9.17) is 0 Å². The number of aliphatic carboxylic acids is 1. The Morgan fingerprint density at radius 2 is 2.06 bits per heavy atom. The molecule has 4 rings (SSSR count). The zero-order valence-corrected chi connectivity index (χ0v) is 18.9. The first-order valence-electron chi connectivity index (χ1n) is 9.71. The molecule has 0 saturated carbocycles. The van der Waals surface area contributed by atoms with Crippen LogP contribution in [0, 0.1) is 6.92 Å². The fourth-order valence-corrected chi connectivity index (χ4v) is 6.03. The van der Waals surface area contributed by atoms with Gasteiger partial charge in [-0.2, -0.15) is 5.10 Å². The number of aryl methyl sites for hydroxylation is 2. The van der Waals surface area contributed by atoms with Gasteiger partial charge in [-0.3, -0.25) is 14.5 Å². The summed E-state index contributed by atoms with van der Waals surface area (Å²) in [6.07, 6.45) is -1.41. The lowest BCUT2D eigenvalue weighted by molar-refractivity contribution is -0.151. The molecule has 3 heterocycles. The maximum Gasteiger partial charge on any atom is 0.352 e. The summed E-state index contributed by atoms with van der Waals surface area (Å²) in [6.45, 7) is 1.77. The van der Waals surface area contributed by atoms with Gasteiger partial charge in [0.05, 0.1) is 0 Å². The third kappa shape index (κ3) is 4.12. The molecular weight excluding hydrogens is 454 g/mol. The second-order valence-electron chi connectivity index (χ2n) is 7.32. The predicted molar refractivity (Wildman–Crippen MR) is 118 cm³/mol. The van der Waals surface area contributed by atoms with Crippen LogP contribution in [0.25, 0.3) is 0 Å². The van der Waals surface area contributed by atoms with Crippen molar-refractivity contribution < 1.29 is 24.6 Å². The summed E-state index contributed by atoms with van der Waals surface area (Å²) in [6, 6.07) is 7.50. The second-order valence-corrected chi connectivity index (χ2v) is 9.37. The van der Waals surface area contributed by atoms with Crippen molar-refractivity contribution in [1.29, 1.82) is 0 Å². The van der Waals surface area contributed by atoms with Crippen LogP contribution >= 0.6 is 23.5 Å². The van der Waals surface area contributed by atoms with Gasteiger partial charge >= 0.3 is 5.97 Å². The number of hydrogen-bond acceptors (Lipinski definition) is 8. The molecule has 1 fully saturated rings. The Kier molecular flexibility index (Phi) is 6.26. The van der Waals surface area contributed by atoms with Gasteiger partial charge in [0, 0.05) is 18.6 Å². The molecule has 2 aliphatic rings. The lowest BCUT2D eigenvalue weighted by Gasteiger charge is -2.49. The lowest BCUT2D eigenvalue weighted by Crippen LogP contribution is -2.70. The van der Waals surface area contributed by atoms with Gasteiger partial charge in [0.1, 0.15) is 22.9 Å². The van der Waals surface area contributed by atoms with Gasteiger partial charge < -0.3 is 15.5 Å². The van der Waals surface area contributed by atoms with Gasteiger partial charge in [0.15, 0.2) is 11.3 Å². The van der Waals surface area contributed by atoms with E-state index < -0.39 is 35.3 Å². The van der Waals surface area contributed by atoms with Crippen LogP contribution in [0.1, 0.15) is 17.5 Å². The van der Waals surface area contributed by atoms with Crippen molar-refractivity contribution in [3.05, 3.63) is 53.0 Å². The highest BCUT2D eigenvalue weighted by atomic mass is 32.2. The third-order valence-corrected chi connectivity index (χ3v) is 7.56. The number of carbonyl (C=O) groups excluding carboxylic acids is 2. The van der Waals surface area contributed by atoms with Crippen molar-refractivity contribution in [3.63, 3.8) is 0 Å². The Morgan fingerprint density at radius 1 is 1.34 bits per heavy atom. The van der Waals surface area contributed by atoms with Crippen molar-refractivity contribution in [2.24, 2.45) is 7.05 Å². The molecule has 1 saturated heterocycles. The third-order valence-electron chi connectivity index (χ3n) is 5.12. The monoisotopic (exact) mass is 475 g/mol. The van der Waals surface area contributed by atoms with E-state index in [1.54, 1.807) is 49.0 Å². The van der Waals surface area contributed by atoms with Gasteiger partial charge in [-0.25, -0.2) is 14.5 Å². The van der Waals surface area contributed by atoms with E-state index in [1.807, 2.05) is 0 Å². The van der Waals surface area contributed by atoms with Crippen molar-refractivity contribution in [2.45, 2.75) is 29.6 Å². The van der Waals surface area contributed by atoms with Crippen LogP contribution < -0.4 is 5.32 Å². The molecule has 0 spiro atoms. The first-order valence-corrected chi connectivity index (χ1v) is 11.7. The molecule has 3 atom stereocenters. The Bertz CT molecular complexity index is 1100. The number of carbonyl (C=O) groups is 3. The van der Waals surface area contributed by atoms with Crippen molar-refractivity contribution in [2.75, 3.05) is 11.5 Å². The van der Waals surface area contributed by atoms with Crippen molar-refractivity contribution >= 4 is 41.3 Å². The first kappa shape index (κ1) is 22.4. The minimum atomic E-state index is -1.41. The number of aliphatic hydroxyl groups excluding tert-OH is 1. The predicted octanol–water partition coefficient (Wildman–Crippen LogP) is 0.688. The summed E-state index contributed by atoms with van der Waals surface area (Å²) in [7, 11) is 1.76. The maximum absolute atomic E-state index is 12.8. The summed E-state index contributed by atoms with van der Waals surface area (Å²) >= 11 is 2.73. The molecule has 12 heteroatoms. The second kappa shape index (κ2) is 8.96. The summed E-state index contributed by atoms with van der Waals surface area (Å²) in [5.74, 6) is -1.04. The molecule has 2 amide bonds. The maximum atomic E-state index is 12.8. The van der Waals surface area contributed by atoms with E-state index >= 15 is 0 Å². The minimum Gasteiger partial charge on any atom is -0.477 e. The van der Waals surface area contributed by atoms with Gasteiger partial charge in [0.2, 0.25) is 0 Å². The Hall–Kier alpha value is -2.83. The van der Waals surface area contributed by atoms with Crippen LogP contribution in [0.5, 0.6) is 0 Å². The van der Waals surface area contributed by atoms with Crippen LogP contribution in [-0.4, -0.2) is 70.6 Å². The number of carboxylic acid groups (broad SMARTS) is 1. The fraction of sp³-hybridized carbons (Fsp3) is 0.350. The molecule has 2 aromatic rings. The lowest BCUT2D eigenvalue weighted by atomic mass is 10.0. The summed E-state index contributed by atoms with van der Waals surface area (Å²) < 4.78 is 1.62. The van der Waals surface area contributed by atoms with Crippen LogP contribution in [0.3, 0.4) is 0 Å². The molecule has 0 bridgehead atoms. The Balaban J connectivity index is 1.46. The summed E-state index contributed by atoms with van der Waals surface area (Å²) in [5, 5.41) is 26.9. The van der Waals surface area contributed by atoms with E-state index in [0.717, 1.165) is 0 Å². The van der Waals surface area contributed by atoms with E-state index in [-0.39, 0.29) is 5.70 Å². The van der Waals surface area contributed by atoms with Gasteiger partial charge in [-0.05, 0) is 18.1 Å². The molecule has 10 nitrogen and oxygen atoms in total. The normalized spacial score (nSPS) is 21.1. The van der Waals surface area contributed by atoms with Crippen molar-refractivity contribution in [3.8, 4) is 0 Å². The highest BCUT2D eigenvalue weighted by molar-refractivity contribution is 8.01. The zero-order valence-electron chi connectivity index (χ0n) is 17.3. The molecule has 3 N–H and O–H groups in total. The topological polar surface area (TPSA) is 138 Å². The standard InChI is InChI=1S/C20H21N5O5S2/c1-10-21-20(24(2)23-10)32-9-12-8-31-18-13(17(28)25(18)14(12)19(29)30)22-16(27)15(26)11-6-4-3-5-7-11/h3-7,13,15,18,26H,8-9H2,1-2H3,(H,22,27)(H,29,30)/t13?,15?,18-/m0/s1. The number of aromatic nitrogens is 3. The minimum absolute atomic E-state index is 0.0563. The number of carboxylic acids is 1. The number of benzene rings is 1. The number of nitrogens with zero attached hydrogens (tertiary/aromatic N) is 4. The van der Waals surface area contributed by atoms with E-state index in [2.05, 4.69) is 15.4 Å². The highest BCUT2D eigenvalue weighted by Gasteiger charge is 2.54. The molecule has 1 aromatic heterocycles. The highest BCUT2D eigenvalue weighted by Crippen LogP contribution is 2.41. The molecule has 2 aliphatic heterocycles. The molecule has 32 heavy (non-hydrogen) atoms. The number of amides is 2. The Labute approximate surface area is 192 Å². The average molecular weight is 476 g/mol. The van der Waals surface area contributed by atoms with Crippen molar-refractivity contribution in [1.82, 2.24) is 25.0 Å².